The molecule has 0 N–H and O–H groups in total. The number of hydrogen-bond donors (Lipinski definition) is 0. The van der Waals surface area contributed by atoms with Crippen molar-refractivity contribution in [3.63, 3.8) is 0 Å². The number of benzene rings is 1. The fourth-order valence-electron chi connectivity index (χ4n) is 1.42. The smallest absolute Gasteiger partial charge is 0.138 e. The zero-order chi connectivity index (χ0) is 13.0. The highest BCUT2D eigenvalue weighted by atomic mass is 35.5. The summed E-state index contributed by atoms with van der Waals surface area (Å²) in [5, 5.41) is 1.12. The molecule has 0 aliphatic carbocycles. The molecule has 1 aromatic carbocycles. The highest BCUT2D eigenvalue weighted by Crippen LogP contribution is 2.27. The molecule has 1 heterocycles. The molecule has 5 heteroatoms. The van der Waals surface area contributed by atoms with Crippen LogP contribution in [0.2, 0.25) is 10.0 Å². The summed E-state index contributed by atoms with van der Waals surface area (Å²) < 4.78 is 5.62. The lowest BCUT2D eigenvalue weighted by molar-refractivity contribution is 0.306. The molecule has 0 saturated heterocycles. The van der Waals surface area contributed by atoms with Gasteiger partial charge in [0.1, 0.15) is 12.4 Å². The van der Waals surface area contributed by atoms with Gasteiger partial charge < -0.3 is 4.74 Å². The van der Waals surface area contributed by atoms with Crippen LogP contribution in [0.25, 0.3) is 0 Å². The van der Waals surface area contributed by atoms with E-state index in [-0.39, 0.29) is 0 Å². The summed E-state index contributed by atoms with van der Waals surface area (Å²) in [7, 11) is 0. The Labute approximate surface area is 120 Å². The third-order valence-electron chi connectivity index (χ3n) is 2.39. The fraction of sp³-hybridized carbons (Fsp3) is 0.154. The summed E-state index contributed by atoms with van der Waals surface area (Å²) in [5.74, 6) is 1.04. The Balaban J connectivity index is 2.09. The molecule has 0 saturated carbocycles. The summed E-state index contributed by atoms with van der Waals surface area (Å²) in [4.78, 5) is 3.91. The fourth-order valence-corrected chi connectivity index (χ4v) is 2.02. The predicted molar refractivity (Wildman–Crippen MR) is 74.6 cm³/mol. The van der Waals surface area contributed by atoms with Crippen LogP contribution in [0.15, 0.2) is 36.7 Å². The number of nitrogens with zero attached hydrogens (tertiary/aromatic N) is 1. The van der Waals surface area contributed by atoms with E-state index >= 15 is 0 Å². The molecule has 2 nitrogen and oxygen atoms in total. The maximum absolute atomic E-state index is 6.09. The van der Waals surface area contributed by atoms with Gasteiger partial charge in [0, 0.05) is 23.8 Å². The number of pyridine rings is 1. The predicted octanol–water partition coefficient (Wildman–Crippen LogP) is 4.71. The standard InChI is InChI=1S/C13H10Cl3NO/c14-6-9-1-2-13(11(15)5-9)18-8-10-3-4-17-7-12(10)16/h1-5,7H,6,8H2. The Morgan fingerprint density at radius 3 is 2.61 bits per heavy atom. The molecule has 0 bridgehead atoms. The lowest BCUT2D eigenvalue weighted by Crippen LogP contribution is -1.97. The summed E-state index contributed by atoms with van der Waals surface area (Å²) in [6.07, 6.45) is 3.25. The van der Waals surface area contributed by atoms with E-state index in [1.165, 1.54) is 0 Å². The summed E-state index contributed by atoms with van der Waals surface area (Å²) in [5.41, 5.74) is 1.82. The maximum atomic E-state index is 6.09. The van der Waals surface area contributed by atoms with Crippen molar-refractivity contribution in [1.29, 1.82) is 0 Å². The topological polar surface area (TPSA) is 22.1 Å². The van der Waals surface area contributed by atoms with Crippen LogP contribution in [0, 0.1) is 0 Å². The second-order valence-electron chi connectivity index (χ2n) is 3.65. The number of alkyl halides is 1. The third-order valence-corrected chi connectivity index (χ3v) is 3.33. The zero-order valence-electron chi connectivity index (χ0n) is 9.37. The lowest BCUT2D eigenvalue weighted by Gasteiger charge is -2.09. The van der Waals surface area contributed by atoms with Gasteiger partial charge in [-0.05, 0) is 23.8 Å². The molecule has 2 rings (SSSR count). The van der Waals surface area contributed by atoms with Gasteiger partial charge in [-0.25, -0.2) is 0 Å². The first-order valence-corrected chi connectivity index (χ1v) is 6.55. The van der Waals surface area contributed by atoms with Crippen molar-refractivity contribution in [1.82, 2.24) is 4.98 Å². The Hall–Kier alpha value is -0.960. The number of aromatic nitrogens is 1. The van der Waals surface area contributed by atoms with Crippen molar-refractivity contribution >= 4 is 34.8 Å². The number of rotatable bonds is 4. The Morgan fingerprint density at radius 1 is 1.11 bits per heavy atom. The Kier molecular flexibility index (Phi) is 4.70. The molecule has 1 aromatic heterocycles. The van der Waals surface area contributed by atoms with E-state index in [1.807, 2.05) is 12.1 Å². The molecule has 2 aromatic rings. The second-order valence-corrected chi connectivity index (χ2v) is 4.74. The monoisotopic (exact) mass is 301 g/mol. The minimum Gasteiger partial charge on any atom is -0.487 e. The first kappa shape index (κ1) is 13.5. The summed E-state index contributed by atoms with van der Waals surface area (Å²) in [6.45, 7) is 0.349. The molecule has 18 heavy (non-hydrogen) atoms. The van der Waals surface area contributed by atoms with Crippen LogP contribution >= 0.6 is 34.8 Å². The molecular weight excluding hydrogens is 293 g/mol. The summed E-state index contributed by atoms with van der Waals surface area (Å²) >= 11 is 17.8. The van der Waals surface area contributed by atoms with Crippen LogP contribution in [-0.2, 0) is 12.5 Å². The third kappa shape index (κ3) is 3.29. The van der Waals surface area contributed by atoms with Crippen molar-refractivity contribution in [2.45, 2.75) is 12.5 Å². The van der Waals surface area contributed by atoms with Crippen LogP contribution in [-0.4, -0.2) is 4.98 Å². The molecule has 0 amide bonds. The quantitative estimate of drug-likeness (QED) is 0.763. The first-order chi connectivity index (χ1) is 8.70. The van der Waals surface area contributed by atoms with Crippen LogP contribution in [0.1, 0.15) is 11.1 Å². The highest BCUT2D eigenvalue weighted by Gasteiger charge is 2.05. The SMILES string of the molecule is ClCc1ccc(OCc2ccncc2Cl)c(Cl)c1. The lowest BCUT2D eigenvalue weighted by atomic mass is 10.2. The van der Waals surface area contributed by atoms with E-state index in [4.69, 9.17) is 39.5 Å². The second kappa shape index (κ2) is 6.28. The van der Waals surface area contributed by atoms with Gasteiger partial charge in [-0.2, -0.15) is 0 Å². The van der Waals surface area contributed by atoms with Gasteiger partial charge in [-0.3, -0.25) is 4.98 Å². The van der Waals surface area contributed by atoms with Crippen molar-refractivity contribution in [3.05, 3.63) is 57.8 Å². The molecule has 0 spiro atoms. The molecule has 0 radical (unpaired) electrons. The van der Waals surface area contributed by atoms with Crippen molar-refractivity contribution < 1.29 is 4.74 Å². The van der Waals surface area contributed by atoms with E-state index in [0.29, 0.717) is 28.3 Å². The van der Waals surface area contributed by atoms with E-state index < -0.39 is 0 Å². The van der Waals surface area contributed by atoms with Crippen molar-refractivity contribution in [2.24, 2.45) is 0 Å². The molecule has 0 unspecified atom stereocenters. The van der Waals surface area contributed by atoms with E-state index in [9.17, 15) is 0 Å². The van der Waals surface area contributed by atoms with E-state index in [1.54, 1.807) is 24.5 Å². The molecule has 0 atom stereocenters. The Bertz CT molecular complexity index is 546. The molecule has 0 fully saturated rings. The first-order valence-electron chi connectivity index (χ1n) is 5.26. The van der Waals surface area contributed by atoms with E-state index in [2.05, 4.69) is 4.98 Å². The van der Waals surface area contributed by atoms with Gasteiger partial charge in [0.05, 0.1) is 10.0 Å². The Morgan fingerprint density at radius 2 is 1.94 bits per heavy atom. The molecule has 0 aliphatic rings. The van der Waals surface area contributed by atoms with Crippen molar-refractivity contribution in [2.75, 3.05) is 0 Å². The number of ether oxygens (including phenoxy) is 1. The van der Waals surface area contributed by atoms with Crippen molar-refractivity contribution in [3.8, 4) is 5.75 Å². The van der Waals surface area contributed by atoms with Crippen LogP contribution in [0.5, 0.6) is 5.75 Å². The summed E-state index contributed by atoms with van der Waals surface area (Å²) in [6, 6.07) is 7.28. The number of halogens is 3. The number of hydrogen-bond acceptors (Lipinski definition) is 2. The molecule has 0 aliphatic heterocycles. The van der Waals surface area contributed by atoms with Gasteiger partial charge in [0.25, 0.3) is 0 Å². The van der Waals surface area contributed by atoms with Gasteiger partial charge in [-0.1, -0.05) is 29.3 Å². The molecular formula is C13H10Cl3NO. The van der Waals surface area contributed by atoms with Crippen LogP contribution in [0.4, 0.5) is 0 Å². The minimum absolute atomic E-state index is 0.349. The average molecular weight is 303 g/mol. The van der Waals surface area contributed by atoms with Gasteiger partial charge in [0.15, 0.2) is 0 Å². The maximum Gasteiger partial charge on any atom is 0.138 e. The average Bonchev–Trinajstić information content (AvgIpc) is 2.39. The van der Waals surface area contributed by atoms with E-state index in [0.717, 1.165) is 11.1 Å². The minimum atomic E-state index is 0.349. The van der Waals surface area contributed by atoms with Crippen LogP contribution < -0.4 is 4.74 Å². The highest BCUT2D eigenvalue weighted by molar-refractivity contribution is 6.32. The zero-order valence-corrected chi connectivity index (χ0v) is 11.6. The largest absolute Gasteiger partial charge is 0.487 e. The van der Waals surface area contributed by atoms with Gasteiger partial charge >= 0.3 is 0 Å². The normalized spacial score (nSPS) is 10.4. The molecule has 94 valence electrons. The van der Waals surface area contributed by atoms with Crippen LogP contribution in [0.3, 0.4) is 0 Å². The van der Waals surface area contributed by atoms with Gasteiger partial charge in [0.2, 0.25) is 0 Å². The van der Waals surface area contributed by atoms with Gasteiger partial charge in [-0.15, -0.1) is 11.6 Å².